The van der Waals surface area contributed by atoms with Gasteiger partial charge in [-0.3, -0.25) is 28.8 Å². The molecule has 0 radical (unpaired) electrons. The van der Waals surface area contributed by atoms with Crippen LogP contribution in [0.15, 0.2) is 42.9 Å². The molecular formula is C28H32N6O4. The Balaban J connectivity index is 1.10. The fraction of sp³-hybridized carbons (Fsp3) is 0.464. The average molecular weight is 517 g/mol. The lowest BCUT2D eigenvalue weighted by atomic mass is 10.0. The molecule has 38 heavy (non-hydrogen) atoms. The van der Waals surface area contributed by atoms with Crippen molar-refractivity contribution in [3.8, 4) is 0 Å². The van der Waals surface area contributed by atoms with Crippen LogP contribution in [-0.4, -0.2) is 62.3 Å². The van der Waals surface area contributed by atoms with Gasteiger partial charge in [-0.15, -0.1) is 0 Å². The first-order chi connectivity index (χ1) is 18.3. The molecule has 4 aliphatic rings. The van der Waals surface area contributed by atoms with Gasteiger partial charge >= 0.3 is 0 Å². The Bertz CT molecular complexity index is 1340. The maximum atomic E-state index is 13.3. The number of carbonyl (C=O) groups is 4. The third-order valence-corrected chi connectivity index (χ3v) is 8.30. The van der Waals surface area contributed by atoms with Gasteiger partial charge in [0, 0.05) is 48.7 Å². The summed E-state index contributed by atoms with van der Waals surface area (Å²) < 4.78 is 1.97. The minimum absolute atomic E-state index is 0.224. The van der Waals surface area contributed by atoms with Gasteiger partial charge in [0.1, 0.15) is 6.04 Å². The highest BCUT2D eigenvalue weighted by Crippen LogP contribution is 2.40. The van der Waals surface area contributed by atoms with Crippen molar-refractivity contribution in [1.29, 1.82) is 0 Å². The molecule has 4 heterocycles. The third kappa shape index (κ3) is 4.27. The van der Waals surface area contributed by atoms with Gasteiger partial charge in [-0.2, -0.15) is 5.10 Å². The van der Waals surface area contributed by atoms with Crippen LogP contribution in [0, 0.1) is 11.8 Å². The molecule has 3 aliphatic heterocycles. The first kappa shape index (κ1) is 24.4. The van der Waals surface area contributed by atoms with E-state index < -0.39 is 17.9 Å². The van der Waals surface area contributed by atoms with Crippen LogP contribution in [0.2, 0.25) is 0 Å². The number of benzene rings is 1. The van der Waals surface area contributed by atoms with Crippen molar-refractivity contribution in [3.63, 3.8) is 0 Å². The minimum Gasteiger partial charge on any atom is -0.380 e. The van der Waals surface area contributed by atoms with Crippen molar-refractivity contribution in [3.05, 3.63) is 59.6 Å². The Morgan fingerprint density at radius 3 is 2.63 bits per heavy atom. The van der Waals surface area contributed by atoms with Crippen LogP contribution < -0.4 is 10.6 Å². The van der Waals surface area contributed by atoms with Crippen LogP contribution in [0.25, 0.3) is 0 Å². The summed E-state index contributed by atoms with van der Waals surface area (Å²) >= 11 is 0. The van der Waals surface area contributed by atoms with E-state index in [0.717, 1.165) is 42.8 Å². The maximum absolute atomic E-state index is 13.3. The molecule has 0 bridgehead atoms. The molecule has 2 saturated heterocycles. The molecular weight excluding hydrogens is 484 g/mol. The van der Waals surface area contributed by atoms with Gasteiger partial charge in [-0.25, -0.2) is 0 Å². The largest absolute Gasteiger partial charge is 0.380 e. The summed E-state index contributed by atoms with van der Waals surface area (Å²) in [5.41, 5.74) is 2.70. The van der Waals surface area contributed by atoms with Gasteiger partial charge in [-0.05, 0) is 50.2 Å². The molecule has 4 amide bonds. The quantitative estimate of drug-likeness (QED) is 0.571. The summed E-state index contributed by atoms with van der Waals surface area (Å²) in [6, 6.07) is 4.54. The summed E-state index contributed by atoms with van der Waals surface area (Å²) in [6.45, 7) is 7.85. The van der Waals surface area contributed by atoms with Crippen molar-refractivity contribution >= 4 is 29.3 Å². The molecule has 1 saturated carbocycles. The number of hydrogen-bond donors (Lipinski definition) is 2. The molecule has 10 heteroatoms. The van der Waals surface area contributed by atoms with E-state index in [1.807, 2.05) is 15.8 Å². The maximum Gasteiger partial charge on any atom is 0.264 e. The summed E-state index contributed by atoms with van der Waals surface area (Å²) in [7, 11) is 0. The fourth-order valence-corrected chi connectivity index (χ4v) is 5.86. The smallest absolute Gasteiger partial charge is 0.264 e. The number of rotatable bonds is 6. The number of likely N-dealkylation sites (tertiary alicyclic amines) is 1. The molecule has 2 N–H and O–H groups in total. The SMILES string of the molecule is C=C1CCC(N2C(=O)c3cccc(NCc4cnn(C5CCN(C(=O)C6CC6C)CC5)c4)c3C2=O)C(=O)N1. The van der Waals surface area contributed by atoms with E-state index in [9.17, 15) is 19.2 Å². The van der Waals surface area contributed by atoms with Crippen molar-refractivity contribution in [2.24, 2.45) is 11.8 Å². The monoisotopic (exact) mass is 516 g/mol. The summed E-state index contributed by atoms with van der Waals surface area (Å²) in [6.07, 6.45) is 7.46. The number of nitrogens with one attached hydrogen (secondary N) is 2. The number of allylic oxidation sites excluding steroid dienone is 1. The Kier molecular flexibility index (Phi) is 6.04. The first-order valence-electron chi connectivity index (χ1n) is 13.4. The van der Waals surface area contributed by atoms with Crippen LogP contribution in [0.3, 0.4) is 0 Å². The van der Waals surface area contributed by atoms with Crippen LogP contribution in [0.4, 0.5) is 5.69 Å². The van der Waals surface area contributed by atoms with Crippen molar-refractivity contribution < 1.29 is 19.2 Å². The lowest BCUT2D eigenvalue weighted by Crippen LogP contribution is -2.51. The zero-order valence-electron chi connectivity index (χ0n) is 21.5. The number of aromatic nitrogens is 2. The number of nitrogens with zero attached hydrogens (tertiary/aromatic N) is 4. The molecule has 6 rings (SSSR count). The van der Waals surface area contributed by atoms with E-state index in [-0.39, 0.29) is 17.9 Å². The van der Waals surface area contributed by atoms with E-state index in [1.165, 1.54) is 0 Å². The second-order valence-corrected chi connectivity index (χ2v) is 10.9. The molecule has 2 aromatic rings. The molecule has 0 spiro atoms. The highest BCUT2D eigenvalue weighted by molar-refractivity contribution is 6.25. The number of anilines is 1. The number of fused-ring (bicyclic) bond motifs is 1. The van der Waals surface area contributed by atoms with E-state index in [0.29, 0.717) is 53.7 Å². The average Bonchev–Trinajstić information content (AvgIpc) is 3.35. The number of carbonyl (C=O) groups excluding carboxylic acids is 4. The summed E-state index contributed by atoms with van der Waals surface area (Å²) in [5.74, 6) is -0.236. The summed E-state index contributed by atoms with van der Waals surface area (Å²) in [5, 5.41) is 10.5. The van der Waals surface area contributed by atoms with E-state index in [1.54, 1.807) is 24.4 Å². The highest BCUT2D eigenvalue weighted by atomic mass is 16.2. The fourth-order valence-electron chi connectivity index (χ4n) is 5.86. The minimum atomic E-state index is -0.839. The Morgan fingerprint density at radius 2 is 1.92 bits per heavy atom. The normalized spacial score (nSPS) is 25.4. The van der Waals surface area contributed by atoms with Crippen LogP contribution >= 0.6 is 0 Å². The molecule has 10 nitrogen and oxygen atoms in total. The predicted molar refractivity (Wildman–Crippen MR) is 139 cm³/mol. The lowest BCUT2D eigenvalue weighted by molar-refractivity contribution is -0.134. The first-order valence-corrected chi connectivity index (χ1v) is 13.4. The molecule has 1 aliphatic carbocycles. The number of hydrogen-bond acceptors (Lipinski definition) is 6. The number of imide groups is 1. The number of amides is 4. The zero-order valence-corrected chi connectivity index (χ0v) is 21.5. The second kappa shape index (κ2) is 9.41. The van der Waals surface area contributed by atoms with Crippen LogP contribution in [-0.2, 0) is 16.1 Å². The lowest BCUT2D eigenvalue weighted by Gasteiger charge is -2.32. The zero-order chi connectivity index (χ0) is 26.6. The van der Waals surface area contributed by atoms with Gasteiger partial charge < -0.3 is 15.5 Å². The molecule has 1 aromatic carbocycles. The number of piperidine rings is 2. The molecule has 1 aromatic heterocycles. The molecule has 3 unspecified atom stereocenters. The van der Waals surface area contributed by atoms with Crippen LogP contribution in [0.5, 0.6) is 0 Å². The van der Waals surface area contributed by atoms with Crippen LogP contribution in [0.1, 0.15) is 71.3 Å². The van der Waals surface area contributed by atoms with E-state index in [2.05, 4.69) is 29.2 Å². The molecule has 3 fully saturated rings. The van der Waals surface area contributed by atoms with E-state index >= 15 is 0 Å². The van der Waals surface area contributed by atoms with Gasteiger partial charge in [0.15, 0.2) is 0 Å². The molecule has 3 atom stereocenters. The second-order valence-electron chi connectivity index (χ2n) is 10.9. The third-order valence-electron chi connectivity index (χ3n) is 8.30. The van der Waals surface area contributed by atoms with Gasteiger partial charge in [0.2, 0.25) is 11.8 Å². The highest BCUT2D eigenvalue weighted by Gasteiger charge is 2.45. The standard InChI is InChI=1S/C28H32N6O4/c1-16-12-21(16)26(36)32-10-8-19(9-11-32)33-15-18(14-30-33)13-29-22-5-3-4-20-24(22)28(38)34(27(20)37)23-7-6-17(2)31-25(23)35/h3-5,14-16,19,21,23,29H,2,6-13H2,1H3,(H,31,35). The van der Waals surface area contributed by atoms with Crippen molar-refractivity contribution in [1.82, 2.24) is 24.9 Å². The topological polar surface area (TPSA) is 117 Å². The van der Waals surface area contributed by atoms with Crippen molar-refractivity contribution in [2.75, 3.05) is 18.4 Å². The Labute approximate surface area is 221 Å². The Hall–Kier alpha value is -3.95. The van der Waals surface area contributed by atoms with Gasteiger partial charge in [0.05, 0.1) is 23.4 Å². The van der Waals surface area contributed by atoms with Crippen molar-refractivity contribution in [2.45, 2.75) is 57.7 Å². The van der Waals surface area contributed by atoms with E-state index in [4.69, 9.17) is 0 Å². The Morgan fingerprint density at radius 1 is 1.16 bits per heavy atom. The summed E-state index contributed by atoms with van der Waals surface area (Å²) in [4.78, 5) is 54.5. The van der Waals surface area contributed by atoms with Gasteiger partial charge in [0.25, 0.3) is 11.8 Å². The molecule has 198 valence electrons. The predicted octanol–water partition coefficient (Wildman–Crippen LogP) is 2.70. The van der Waals surface area contributed by atoms with Gasteiger partial charge in [-0.1, -0.05) is 19.6 Å².